The van der Waals surface area contributed by atoms with Gasteiger partial charge in [0.2, 0.25) is 12.7 Å². The highest BCUT2D eigenvalue weighted by molar-refractivity contribution is 5.88. The van der Waals surface area contributed by atoms with Crippen LogP contribution in [0.25, 0.3) is 0 Å². The van der Waals surface area contributed by atoms with Crippen LogP contribution in [0.15, 0.2) is 42.5 Å². The molecule has 0 aromatic heterocycles. The van der Waals surface area contributed by atoms with E-state index >= 15 is 0 Å². The third-order valence-electron chi connectivity index (χ3n) is 6.74. The summed E-state index contributed by atoms with van der Waals surface area (Å²) in [6.45, 7) is 2.82. The fourth-order valence-corrected chi connectivity index (χ4v) is 4.71. The molecule has 0 aliphatic carbocycles. The number of alkyl halides is 3. The maximum Gasteiger partial charge on any atom is 0.573 e. The van der Waals surface area contributed by atoms with Gasteiger partial charge >= 0.3 is 6.36 Å². The number of rotatable bonds is 10. The molecule has 3 N–H and O–H groups in total. The maximum atomic E-state index is 13.3. The van der Waals surface area contributed by atoms with E-state index in [1.165, 1.54) is 29.7 Å². The number of hydroxylamine groups is 1. The number of amides is 2. The smallest absolute Gasteiger partial charge is 0.454 e. The van der Waals surface area contributed by atoms with Crippen molar-refractivity contribution in [1.29, 1.82) is 0 Å². The fraction of sp³-hybridized carbons (Fsp3) is 0.462. The Morgan fingerprint density at radius 3 is 2.33 bits per heavy atom. The van der Waals surface area contributed by atoms with E-state index in [2.05, 4.69) is 9.64 Å². The number of carbonyl (C=O) groups is 2. The van der Waals surface area contributed by atoms with Gasteiger partial charge in [0, 0.05) is 32.7 Å². The second-order valence-electron chi connectivity index (χ2n) is 9.40. The van der Waals surface area contributed by atoms with Crippen molar-refractivity contribution in [2.24, 2.45) is 5.92 Å². The second-order valence-corrected chi connectivity index (χ2v) is 9.40. The Morgan fingerprint density at radius 2 is 1.67 bits per heavy atom. The van der Waals surface area contributed by atoms with Crippen LogP contribution in [-0.4, -0.2) is 77.4 Å². The van der Waals surface area contributed by atoms with Crippen molar-refractivity contribution in [3.05, 3.63) is 53.6 Å². The number of aliphatic hydroxyl groups excluding tert-OH is 1. The molecule has 2 amide bonds. The van der Waals surface area contributed by atoms with Crippen LogP contribution in [-0.2, 0) is 22.6 Å². The number of carbonyl (C=O) groups excluding carboxylic acids is 2. The summed E-state index contributed by atoms with van der Waals surface area (Å²) in [5.74, 6) is -1.51. The third kappa shape index (κ3) is 7.74. The first-order valence-electron chi connectivity index (χ1n) is 12.5. The minimum atomic E-state index is -4.78. The van der Waals surface area contributed by atoms with E-state index in [4.69, 9.17) is 14.7 Å². The molecule has 2 aliphatic rings. The van der Waals surface area contributed by atoms with Crippen molar-refractivity contribution in [3.63, 3.8) is 0 Å². The average Bonchev–Trinajstić information content (AvgIpc) is 3.38. The van der Waals surface area contributed by atoms with Crippen molar-refractivity contribution >= 4 is 11.8 Å². The summed E-state index contributed by atoms with van der Waals surface area (Å²) in [5, 5.41) is 19.5. The first-order valence-corrected chi connectivity index (χ1v) is 12.5. The summed E-state index contributed by atoms with van der Waals surface area (Å²) in [7, 11) is 0. The number of piperazine rings is 1. The summed E-state index contributed by atoms with van der Waals surface area (Å²) in [4.78, 5) is 29.0. The molecule has 0 unspecified atom stereocenters. The van der Waals surface area contributed by atoms with E-state index in [0.29, 0.717) is 62.6 Å². The zero-order valence-corrected chi connectivity index (χ0v) is 21.0. The number of aryl methyl sites for hydroxylation is 1. The lowest BCUT2D eigenvalue weighted by Crippen LogP contribution is -2.53. The van der Waals surface area contributed by atoms with Crippen molar-refractivity contribution in [2.45, 2.75) is 38.3 Å². The Bertz CT molecular complexity index is 1140. The number of nitrogens with one attached hydrogen (secondary N) is 1. The molecule has 0 spiro atoms. The van der Waals surface area contributed by atoms with Gasteiger partial charge in [-0.3, -0.25) is 19.7 Å². The Kier molecular flexibility index (Phi) is 9.15. The largest absolute Gasteiger partial charge is 0.573 e. The summed E-state index contributed by atoms with van der Waals surface area (Å²) in [5.41, 5.74) is 3.14. The number of ether oxygens (including phenoxy) is 3. The van der Waals surface area contributed by atoms with Crippen molar-refractivity contribution in [3.8, 4) is 17.2 Å². The highest BCUT2D eigenvalue weighted by Gasteiger charge is 2.36. The van der Waals surface area contributed by atoms with Gasteiger partial charge in [-0.25, -0.2) is 5.48 Å². The molecule has 1 fully saturated rings. The van der Waals surface area contributed by atoms with Crippen LogP contribution in [0.2, 0.25) is 0 Å². The Morgan fingerprint density at radius 1 is 1.00 bits per heavy atom. The molecule has 0 bridgehead atoms. The molecule has 1 saturated heterocycles. The number of aliphatic hydroxyl groups is 1. The van der Waals surface area contributed by atoms with Crippen LogP contribution in [0.3, 0.4) is 0 Å². The predicted octanol–water partition coefficient (Wildman–Crippen LogP) is 2.46. The maximum absolute atomic E-state index is 13.3. The summed E-state index contributed by atoms with van der Waals surface area (Å²) >= 11 is 0. The highest BCUT2D eigenvalue weighted by atomic mass is 19.4. The Balaban J connectivity index is 1.30. The van der Waals surface area contributed by atoms with Gasteiger partial charge in [-0.1, -0.05) is 18.2 Å². The van der Waals surface area contributed by atoms with Gasteiger partial charge in [0.1, 0.15) is 11.9 Å². The van der Waals surface area contributed by atoms with Crippen molar-refractivity contribution in [2.75, 3.05) is 33.0 Å². The molecule has 2 aliphatic heterocycles. The number of benzene rings is 2. The van der Waals surface area contributed by atoms with Crippen LogP contribution in [0, 0.1) is 5.92 Å². The first-order chi connectivity index (χ1) is 18.6. The standard InChI is InChI=1S/C26H30F3N3O7/c27-26(28,29)39-19-7-4-17(5-8-19)2-1-3-20(23(33)24(34)30-36)25(35)32-12-10-31(11-13-32)15-18-6-9-21-22(14-18)38-16-37-21/h4-9,14,20,23,33,36H,1-3,10-13,15-16H2,(H,30,34)/t20-,23+/m1/s1. The topological polar surface area (TPSA) is 121 Å². The molecule has 39 heavy (non-hydrogen) atoms. The van der Waals surface area contributed by atoms with E-state index in [-0.39, 0.29) is 19.0 Å². The molecular formula is C26H30F3N3O7. The zero-order chi connectivity index (χ0) is 28.0. The number of hydrogen-bond donors (Lipinski definition) is 3. The van der Waals surface area contributed by atoms with Gasteiger partial charge in [-0.05, 0) is 54.7 Å². The summed E-state index contributed by atoms with van der Waals surface area (Å²) in [6.07, 6.45) is -5.64. The first kappa shape index (κ1) is 28.5. The van der Waals surface area contributed by atoms with Gasteiger partial charge in [-0.15, -0.1) is 13.2 Å². The quantitative estimate of drug-likeness (QED) is 0.303. The molecule has 0 saturated carbocycles. The highest BCUT2D eigenvalue weighted by Crippen LogP contribution is 2.33. The van der Waals surface area contributed by atoms with Gasteiger partial charge in [0.25, 0.3) is 5.91 Å². The van der Waals surface area contributed by atoms with Gasteiger partial charge < -0.3 is 24.2 Å². The minimum absolute atomic E-state index is 0.131. The molecular weight excluding hydrogens is 523 g/mol. The fourth-order valence-electron chi connectivity index (χ4n) is 4.71. The monoisotopic (exact) mass is 553 g/mol. The van der Waals surface area contributed by atoms with E-state index < -0.39 is 30.2 Å². The summed E-state index contributed by atoms with van der Waals surface area (Å²) < 4.78 is 51.7. The van der Waals surface area contributed by atoms with Crippen LogP contribution in [0.5, 0.6) is 17.2 Å². The van der Waals surface area contributed by atoms with Gasteiger partial charge in [0.05, 0.1) is 5.92 Å². The van der Waals surface area contributed by atoms with E-state index in [0.717, 1.165) is 5.56 Å². The van der Waals surface area contributed by atoms with E-state index in [1.807, 2.05) is 18.2 Å². The lowest BCUT2D eigenvalue weighted by molar-refractivity contribution is -0.274. The number of fused-ring (bicyclic) bond motifs is 1. The van der Waals surface area contributed by atoms with Crippen LogP contribution < -0.4 is 19.7 Å². The van der Waals surface area contributed by atoms with Crippen LogP contribution >= 0.6 is 0 Å². The third-order valence-corrected chi connectivity index (χ3v) is 6.74. The molecule has 0 radical (unpaired) electrons. The molecule has 4 rings (SSSR count). The van der Waals surface area contributed by atoms with Gasteiger partial charge in [0.15, 0.2) is 11.5 Å². The van der Waals surface area contributed by atoms with Crippen LogP contribution in [0.1, 0.15) is 24.0 Å². The second kappa shape index (κ2) is 12.5. The molecule has 13 heteroatoms. The Labute approximate surface area is 222 Å². The molecule has 2 aromatic rings. The minimum Gasteiger partial charge on any atom is -0.454 e. The lowest BCUT2D eigenvalue weighted by Gasteiger charge is -2.37. The predicted molar refractivity (Wildman–Crippen MR) is 130 cm³/mol. The number of hydrogen-bond acceptors (Lipinski definition) is 8. The Hall–Kier alpha value is -3.55. The average molecular weight is 554 g/mol. The molecule has 2 aromatic carbocycles. The number of nitrogens with zero attached hydrogens (tertiary/aromatic N) is 2. The molecule has 212 valence electrons. The lowest BCUT2D eigenvalue weighted by atomic mass is 9.92. The normalized spacial score (nSPS) is 17.0. The SMILES string of the molecule is O=C(NO)[C@@H](O)[C@@H](CCCc1ccc(OC(F)(F)F)cc1)C(=O)N1CCN(Cc2ccc3c(c2)OCO3)CC1. The summed E-state index contributed by atoms with van der Waals surface area (Å²) in [6, 6.07) is 11.1. The van der Waals surface area contributed by atoms with Crippen LogP contribution in [0.4, 0.5) is 13.2 Å². The van der Waals surface area contributed by atoms with Crippen molar-refractivity contribution < 1.29 is 47.3 Å². The molecule has 2 atom stereocenters. The zero-order valence-electron chi connectivity index (χ0n) is 21.0. The molecule has 10 nitrogen and oxygen atoms in total. The van der Waals surface area contributed by atoms with Gasteiger partial charge in [-0.2, -0.15) is 0 Å². The van der Waals surface area contributed by atoms with Crippen molar-refractivity contribution in [1.82, 2.24) is 15.3 Å². The van der Waals surface area contributed by atoms with E-state index in [1.54, 1.807) is 4.90 Å². The molecule has 2 heterocycles. The van der Waals surface area contributed by atoms with E-state index in [9.17, 15) is 27.9 Å². The number of halogens is 3.